The molecule has 73 valence electrons. The minimum Gasteiger partial charge on any atom is -0.512 e. The average molecular weight is 259 g/mol. The van der Waals surface area contributed by atoms with Crippen LogP contribution in [0.2, 0.25) is 0 Å². The number of carbonyl (C=O) groups excluding carboxylic acids is 1. The molecule has 0 fully saturated rings. The van der Waals surface area contributed by atoms with Gasteiger partial charge < -0.3 is 5.11 Å². The maximum absolute atomic E-state index is 10.0. The molecule has 3 heteroatoms. The van der Waals surface area contributed by atoms with Gasteiger partial charge in [-0.3, -0.25) is 4.79 Å². The Hall–Kier alpha value is -0.687. The number of carbonyl (C=O) groups is 1. The van der Waals surface area contributed by atoms with Crippen LogP contribution < -0.4 is 0 Å². The maximum atomic E-state index is 10.0. The topological polar surface area (TPSA) is 37.3 Å². The van der Waals surface area contributed by atoms with Crippen molar-refractivity contribution in [2.75, 3.05) is 0 Å². The molecule has 1 radical (unpaired) electrons. The van der Waals surface area contributed by atoms with Gasteiger partial charge in [-0.25, -0.2) is 0 Å². The minimum atomic E-state index is -0.125. The standard InChI is InChI=1S/C5H8O2.2C2H4.Rh/c1-4(6)3-5(2)7;2*1-2;/h3,6H,1-2H3;2*1-2H2;/b4-3-;;;. The van der Waals surface area contributed by atoms with Crippen molar-refractivity contribution in [2.24, 2.45) is 0 Å². The Labute approximate surface area is 87.4 Å². The largest absolute Gasteiger partial charge is 0.512 e. The van der Waals surface area contributed by atoms with Crippen molar-refractivity contribution >= 4 is 5.78 Å². The zero-order valence-corrected chi connectivity index (χ0v) is 9.23. The number of rotatable bonds is 1. The molecule has 0 amide bonds. The number of hydrogen-bond acceptors (Lipinski definition) is 2. The van der Waals surface area contributed by atoms with Crippen LogP contribution in [0.1, 0.15) is 13.8 Å². The number of allylic oxidation sites excluding steroid dienone is 2. The molecular formula is C9H16O2Rh. The van der Waals surface area contributed by atoms with Crippen molar-refractivity contribution in [3.63, 3.8) is 0 Å². The second-order valence-electron chi connectivity index (χ2n) is 1.40. The number of aliphatic hydroxyl groups excluding tert-OH is 1. The van der Waals surface area contributed by atoms with E-state index in [1.165, 1.54) is 19.9 Å². The summed E-state index contributed by atoms with van der Waals surface area (Å²) in [6.07, 6.45) is 1.17. The third-order valence-corrected chi connectivity index (χ3v) is 0.412. The molecule has 2 nitrogen and oxygen atoms in total. The quantitative estimate of drug-likeness (QED) is 0.340. The molecule has 0 atom stereocenters. The van der Waals surface area contributed by atoms with Crippen molar-refractivity contribution in [2.45, 2.75) is 13.8 Å². The summed E-state index contributed by atoms with van der Waals surface area (Å²) in [5.41, 5.74) is 0. The molecular weight excluding hydrogens is 243 g/mol. The van der Waals surface area contributed by atoms with Crippen molar-refractivity contribution < 1.29 is 29.4 Å². The van der Waals surface area contributed by atoms with Crippen LogP contribution in [0.15, 0.2) is 38.2 Å². The first kappa shape index (κ1) is 22.5. The second-order valence-corrected chi connectivity index (χ2v) is 1.40. The second kappa shape index (κ2) is 22.4. The Morgan fingerprint density at radius 1 is 1.17 bits per heavy atom. The van der Waals surface area contributed by atoms with Crippen LogP contribution in [0.5, 0.6) is 0 Å². The van der Waals surface area contributed by atoms with Gasteiger partial charge in [-0.2, -0.15) is 0 Å². The van der Waals surface area contributed by atoms with Crippen LogP contribution in [-0.2, 0) is 24.3 Å². The van der Waals surface area contributed by atoms with E-state index in [1.54, 1.807) is 0 Å². The fourth-order valence-electron chi connectivity index (χ4n) is 0.294. The van der Waals surface area contributed by atoms with E-state index in [9.17, 15) is 4.79 Å². The van der Waals surface area contributed by atoms with Crippen molar-refractivity contribution in [1.82, 2.24) is 0 Å². The normalized spacial score (nSPS) is 7.33. The average Bonchev–Trinajstić information content (AvgIpc) is 1.93. The summed E-state index contributed by atoms with van der Waals surface area (Å²) in [7, 11) is 0. The SMILES string of the molecule is C=C.C=C.CC(=O)/C=C(/C)O.[Rh]. The Kier molecular flexibility index (Phi) is 42.1. The predicted octanol–water partition coefficient (Wildman–Crippen LogP) is 2.64. The molecule has 1 N–H and O–H groups in total. The van der Waals surface area contributed by atoms with Gasteiger partial charge in [-0.05, 0) is 13.8 Å². The Morgan fingerprint density at radius 3 is 1.42 bits per heavy atom. The van der Waals surface area contributed by atoms with Crippen molar-refractivity contribution in [3.05, 3.63) is 38.2 Å². The summed E-state index contributed by atoms with van der Waals surface area (Å²) in [5.74, 6) is -0.0625. The molecule has 0 aliphatic heterocycles. The van der Waals surface area contributed by atoms with E-state index in [2.05, 4.69) is 26.3 Å². The first-order valence-electron chi connectivity index (χ1n) is 3.01. The fourth-order valence-corrected chi connectivity index (χ4v) is 0.294. The zero-order valence-electron chi connectivity index (χ0n) is 7.59. The molecule has 0 unspecified atom stereocenters. The van der Waals surface area contributed by atoms with Crippen LogP contribution in [-0.4, -0.2) is 10.9 Å². The molecule has 0 aliphatic rings. The van der Waals surface area contributed by atoms with Gasteiger partial charge in [0.2, 0.25) is 0 Å². The van der Waals surface area contributed by atoms with Gasteiger partial charge in [0.25, 0.3) is 0 Å². The van der Waals surface area contributed by atoms with Gasteiger partial charge in [0.15, 0.2) is 5.78 Å². The third kappa shape index (κ3) is 58.6. The minimum absolute atomic E-state index is 0. The maximum Gasteiger partial charge on any atom is 0.155 e. The van der Waals surface area contributed by atoms with Crippen LogP contribution in [0.4, 0.5) is 0 Å². The number of ketones is 1. The molecule has 0 aromatic heterocycles. The molecule has 0 aliphatic carbocycles. The first-order valence-corrected chi connectivity index (χ1v) is 3.01. The van der Waals surface area contributed by atoms with E-state index >= 15 is 0 Å². The van der Waals surface area contributed by atoms with Gasteiger partial charge in [-0.15, -0.1) is 26.3 Å². The summed E-state index contributed by atoms with van der Waals surface area (Å²) in [6, 6.07) is 0. The van der Waals surface area contributed by atoms with E-state index in [-0.39, 0.29) is 31.0 Å². The summed E-state index contributed by atoms with van der Waals surface area (Å²) >= 11 is 0. The first-order chi connectivity index (χ1) is 5.13. The molecule has 0 heterocycles. The molecule has 0 bridgehead atoms. The summed E-state index contributed by atoms with van der Waals surface area (Å²) < 4.78 is 0. The fraction of sp³-hybridized carbons (Fsp3) is 0.222. The predicted molar refractivity (Wildman–Crippen MR) is 49.6 cm³/mol. The van der Waals surface area contributed by atoms with Gasteiger partial charge in [0.05, 0.1) is 5.76 Å². The molecule has 0 rings (SSSR count). The Bertz CT molecular complexity index is 124. The van der Waals surface area contributed by atoms with E-state index in [1.807, 2.05) is 0 Å². The molecule has 0 saturated heterocycles. The van der Waals surface area contributed by atoms with Crippen LogP contribution in [0.3, 0.4) is 0 Å². The van der Waals surface area contributed by atoms with Crippen molar-refractivity contribution in [1.29, 1.82) is 0 Å². The van der Waals surface area contributed by atoms with E-state index in [4.69, 9.17) is 5.11 Å². The van der Waals surface area contributed by atoms with Crippen LogP contribution in [0.25, 0.3) is 0 Å². The van der Waals surface area contributed by atoms with Gasteiger partial charge in [0, 0.05) is 25.6 Å². The third-order valence-electron chi connectivity index (χ3n) is 0.412. The van der Waals surface area contributed by atoms with E-state index < -0.39 is 0 Å². The smallest absolute Gasteiger partial charge is 0.155 e. The summed E-state index contributed by atoms with van der Waals surface area (Å²) in [4.78, 5) is 10.0. The zero-order chi connectivity index (χ0) is 9.86. The summed E-state index contributed by atoms with van der Waals surface area (Å²) in [5, 5.41) is 8.36. The van der Waals surface area contributed by atoms with E-state index in [0.29, 0.717) is 0 Å². The molecule has 0 spiro atoms. The molecule has 0 aromatic carbocycles. The van der Waals surface area contributed by atoms with Gasteiger partial charge in [-0.1, -0.05) is 0 Å². The van der Waals surface area contributed by atoms with Crippen LogP contribution >= 0.6 is 0 Å². The number of aliphatic hydroxyl groups is 1. The van der Waals surface area contributed by atoms with E-state index in [0.717, 1.165) is 0 Å². The molecule has 12 heavy (non-hydrogen) atoms. The number of hydrogen-bond donors (Lipinski definition) is 1. The Morgan fingerprint density at radius 2 is 1.42 bits per heavy atom. The Balaban J connectivity index is -0.0000000560. The van der Waals surface area contributed by atoms with Crippen molar-refractivity contribution in [3.8, 4) is 0 Å². The van der Waals surface area contributed by atoms with Crippen LogP contribution in [0, 0.1) is 0 Å². The van der Waals surface area contributed by atoms with Gasteiger partial charge >= 0.3 is 0 Å². The molecule has 0 aromatic rings. The summed E-state index contributed by atoms with van der Waals surface area (Å²) in [6.45, 7) is 14.8. The monoisotopic (exact) mass is 259 g/mol. The molecule has 0 saturated carbocycles. The van der Waals surface area contributed by atoms with Gasteiger partial charge in [0.1, 0.15) is 0 Å².